The van der Waals surface area contributed by atoms with Crippen molar-refractivity contribution in [1.29, 1.82) is 0 Å². The van der Waals surface area contributed by atoms with E-state index in [4.69, 9.17) is 0 Å². The van der Waals surface area contributed by atoms with Gasteiger partial charge in [0.2, 0.25) is 5.91 Å². The number of aliphatic hydroxyl groups excluding tert-OH is 1. The van der Waals surface area contributed by atoms with Gasteiger partial charge in [-0.05, 0) is 42.5 Å². The highest BCUT2D eigenvalue weighted by atomic mass is 16.3. The lowest BCUT2D eigenvalue weighted by Gasteiger charge is -2.10. The molecule has 88 valence electrons. The van der Waals surface area contributed by atoms with E-state index in [-0.39, 0.29) is 12.5 Å². The molecule has 1 rings (SSSR count). The van der Waals surface area contributed by atoms with Gasteiger partial charge in [0.1, 0.15) is 0 Å². The fourth-order valence-electron chi connectivity index (χ4n) is 1.70. The topological polar surface area (TPSA) is 49.3 Å². The molecule has 0 aliphatic rings. The van der Waals surface area contributed by atoms with E-state index in [0.717, 1.165) is 16.7 Å². The van der Waals surface area contributed by atoms with Gasteiger partial charge in [0, 0.05) is 13.5 Å². The maximum absolute atomic E-state index is 11.1. The van der Waals surface area contributed by atoms with Gasteiger partial charge >= 0.3 is 0 Å². The first-order valence-corrected chi connectivity index (χ1v) is 5.49. The summed E-state index contributed by atoms with van der Waals surface area (Å²) in [5, 5.41) is 11.8. The van der Waals surface area contributed by atoms with Crippen LogP contribution in [0.1, 0.15) is 28.7 Å². The number of aryl methyl sites for hydroxylation is 2. The Hall–Kier alpha value is -1.35. The van der Waals surface area contributed by atoms with Crippen LogP contribution >= 0.6 is 0 Å². The predicted octanol–water partition coefficient (Wildman–Crippen LogP) is 1.47. The molecule has 0 aliphatic heterocycles. The van der Waals surface area contributed by atoms with E-state index in [0.29, 0.717) is 12.8 Å². The molecule has 0 heterocycles. The molecule has 1 aromatic carbocycles. The summed E-state index contributed by atoms with van der Waals surface area (Å²) in [4.78, 5) is 11.1. The lowest BCUT2D eigenvalue weighted by atomic mass is 9.97. The molecule has 3 nitrogen and oxygen atoms in total. The molecular weight excluding hydrogens is 202 g/mol. The number of carbonyl (C=O) groups is 1. The second-order valence-electron chi connectivity index (χ2n) is 4.03. The van der Waals surface area contributed by atoms with Crippen molar-refractivity contribution in [1.82, 2.24) is 5.32 Å². The SMILES string of the molecule is CNC(=O)CCc1cc(C)c(C)c(CO)c1. The molecule has 0 bridgehead atoms. The first-order chi connectivity index (χ1) is 7.58. The number of aliphatic hydroxyl groups is 1. The van der Waals surface area contributed by atoms with Crippen molar-refractivity contribution in [2.45, 2.75) is 33.3 Å². The van der Waals surface area contributed by atoms with Gasteiger partial charge in [-0.2, -0.15) is 0 Å². The zero-order valence-electron chi connectivity index (χ0n) is 10.1. The van der Waals surface area contributed by atoms with E-state index in [2.05, 4.69) is 11.4 Å². The smallest absolute Gasteiger partial charge is 0.220 e. The number of hydrogen-bond donors (Lipinski definition) is 2. The fourth-order valence-corrected chi connectivity index (χ4v) is 1.70. The highest BCUT2D eigenvalue weighted by molar-refractivity contribution is 5.75. The molecule has 0 saturated heterocycles. The Morgan fingerprint density at radius 2 is 2.06 bits per heavy atom. The molecule has 3 heteroatoms. The normalized spacial score (nSPS) is 10.2. The maximum atomic E-state index is 11.1. The molecule has 0 saturated carbocycles. The summed E-state index contributed by atoms with van der Waals surface area (Å²) in [7, 11) is 1.64. The molecule has 0 unspecified atom stereocenters. The van der Waals surface area contributed by atoms with E-state index in [9.17, 15) is 9.90 Å². The Balaban J connectivity index is 2.81. The van der Waals surface area contributed by atoms with Crippen molar-refractivity contribution in [3.63, 3.8) is 0 Å². The van der Waals surface area contributed by atoms with Crippen LogP contribution in [0, 0.1) is 13.8 Å². The highest BCUT2D eigenvalue weighted by Gasteiger charge is 2.05. The Labute approximate surface area is 96.5 Å². The Kier molecular flexibility index (Phi) is 4.50. The molecule has 0 radical (unpaired) electrons. The van der Waals surface area contributed by atoms with Gasteiger partial charge in [0.05, 0.1) is 6.61 Å². The Morgan fingerprint density at radius 3 is 2.62 bits per heavy atom. The summed E-state index contributed by atoms with van der Waals surface area (Å²) in [5.74, 6) is 0.0452. The van der Waals surface area contributed by atoms with Crippen LogP contribution in [0.15, 0.2) is 12.1 Å². The largest absolute Gasteiger partial charge is 0.392 e. The number of amides is 1. The fraction of sp³-hybridized carbons (Fsp3) is 0.462. The quantitative estimate of drug-likeness (QED) is 0.809. The lowest BCUT2D eigenvalue weighted by molar-refractivity contribution is -0.120. The predicted molar refractivity (Wildman–Crippen MR) is 64.2 cm³/mol. The lowest BCUT2D eigenvalue weighted by Crippen LogP contribution is -2.18. The van der Waals surface area contributed by atoms with Gasteiger partial charge in [-0.25, -0.2) is 0 Å². The second-order valence-corrected chi connectivity index (χ2v) is 4.03. The van der Waals surface area contributed by atoms with Gasteiger partial charge in [-0.3, -0.25) is 4.79 Å². The van der Waals surface area contributed by atoms with Crippen molar-refractivity contribution < 1.29 is 9.90 Å². The minimum Gasteiger partial charge on any atom is -0.392 e. The summed E-state index contributed by atoms with van der Waals surface area (Å²) in [6, 6.07) is 4.06. The highest BCUT2D eigenvalue weighted by Crippen LogP contribution is 2.17. The number of rotatable bonds is 4. The summed E-state index contributed by atoms with van der Waals surface area (Å²) >= 11 is 0. The zero-order chi connectivity index (χ0) is 12.1. The van der Waals surface area contributed by atoms with E-state index in [1.165, 1.54) is 5.56 Å². The van der Waals surface area contributed by atoms with Crippen molar-refractivity contribution in [2.75, 3.05) is 7.05 Å². The van der Waals surface area contributed by atoms with Gasteiger partial charge in [-0.15, -0.1) is 0 Å². The molecule has 0 aromatic heterocycles. The molecule has 0 atom stereocenters. The average Bonchev–Trinajstić information content (AvgIpc) is 2.29. The summed E-state index contributed by atoms with van der Waals surface area (Å²) in [6.07, 6.45) is 1.21. The van der Waals surface area contributed by atoms with Crippen molar-refractivity contribution >= 4 is 5.91 Å². The van der Waals surface area contributed by atoms with Crippen molar-refractivity contribution in [3.8, 4) is 0 Å². The monoisotopic (exact) mass is 221 g/mol. The van der Waals surface area contributed by atoms with E-state index < -0.39 is 0 Å². The van der Waals surface area contributed by atoms with Crippen LogP contribution in [-0.4, -0.2) is 18.1 Å². The number of carbonyl (C=O) groups excluding carboxylic acids is 1. The standard InChI is InChI=1S/C13H19NO2/c1-9-6-11(4-5-13(16)14-3)7-12(8-15)10(9)2/h6-7,15H,4-5,8H2,1-3H3,(H,14,16). The first kappa shape index (κ1) is 12.7. The number of hydrogen-bond acceptors (Lipinski definition) is 2. The minimum absolute atomic E-state index is 0.0452. The van der Waals surface area contributed by atoms with E-state index >= 15 is 0 Å². The zero-order valence-corrected chi connectivity index (χ0v) is 10.1. The van der Waals surface area contributed by atoms with Crippen LogP contribution < -0.4 is 5.32 Å². The van der Waals surface area contributed by atoms with Crippen LogP contribution in [0.4, 0.5) is 0 Å². The van der Waals surface area contributed by atoms with Crippen LogP contribution in [0.2, 0.25) is 0 Å². The third kappa shape index (κ3) is 3.07. The summed E-state index contributed by atoms with van der Waals surface area (Å²) in [5.41, 5.74) is 4.35. The molecule has 0 aliphatic carbocycles. The van der Waals surface area contributed by atoms with Gasteiger partial charge in [0.15, 0.2) is 0 Å². The van der Waals surface area contributed by atoms with Crippen molar-refractivity contribution in [3.05, 3.63) is 34.4 Å². The first-order valence-electron chi connectivity index (χ1n) is 5.49. The van der Waals surface area contributed by atoms with Gasteiger partial charge in [0.25, 0.3) is 0 Å². The minimum atomic E-state index is 0.0452. The summed E-state index contributed by atoms with van der Waals surface area (Å²) < 4.78 is 0. The molecule has 0 fully saturated rings. The third-order valence-corrected chi connectivity index (χ3v) is 2.92. The summed E-state index contributed by atoms with van der Waals surface area (Å²) in [6.45, 7) is 4.09. The van der Waals surface area contributed by atoms with E-state index in [1.54, 1.807) is 7.05 Å². The maximum Gasteiger partial charge on any atom is 0.220 e. The van der Waals surface area contributed by atoms with Crippen molar-refractivity contribution in [2.24, 2.45) is 0 Å². The molecule has 16 heavy (non-hydrogen) atoms. The van der Waals surface area contributed by atoms with Gasteiger partial charge in [-0.1, -0.05) is 12.1 Å². The third-order valence-electron chi connectivity index (χ3n) is 2.92. The van der Waals surface area contributed by atoms with Crippen LogP contribution in [0.5, 0.6) is 0 Å². The molecule has 0 spiro atoms. The Bertz CT molecular complexity index is 386. The molecule has 1 amide bonds. The van der Waals surface area contributed by atoms with E-state index in [1.807, 2.05) is 19.9 Å². The second kappa shape index (κ2) is 5.66. The molecule has 1 aromatic rings. The van der Waals surface area contributed by atoms with Gasteiger partial charge < -0.3 is 10.4 Å². The number of benzene rings is 1. The molecule has 2 N–H and O–H groups in total. The van der Waals surface area contributed by atoms with Crippen LogP contribution in [0.25, 0.3) is 0 Å². The number of nitrogens with one attached hydrogen (secondary N) is 1. The Morgan fingerprint density at radius 1 is 1.38 bits per heavy atom. The van der Waals surface area contributed by atoms with Crippen LogP contribution in [0.3, 0.4) is 0 Å². The molecular formula is C13H19NO2. The van der Waals surface area contributed by atoms with Crippen LogP contribution in [-0.2, 0) is 17.8 Å². The average molecular weight is 221 g/mol.